The van der Waals surface area contributed by atoms with Gasteiger partial charge in [-0.05, 0) is 94.2 Å². The van der Waals surface area contributed by atoms with Crippen LogP contribution in [0.4, 0.5) is 5.69 Å². The Labute approximate surface area is 266 Å². The summed E-state index contributed by atoms with van der Waals surface area (Å²) in [7, 11) is 1.26. The van der Waals surface area contributed by atoms with Gasteiger partial charge in [-0.25, -0.2) is 4.79 Å². The molecule has 11 nitrogen and oxygen atoms in total. The Kier molecular flexibility index (Phi) is 8.84. The minimum atomic E-state index is -1.07. The SMILES string of the molecule is COC(=O)/C=C/CC[C@H](NC(=O)c1oc2ccccc2c1C)C(=O)Nc1cccn(CC(=O)NC23CC4CC(CC(C4)C2)C3)c1=O. The zero-order chi connectivity index (χ0) is 32.4. The number of para-hydroxylation sites is 1. The molecule has 1 atom stereocenters. The van der Waals surface area contributed by atoms with Crippen molar-refractivity contribution in [3.8, 4) is 0 Å². The predicted molar refractivity (Wildman–Crippen MR) is 171 cm³/mol. The molecule has 4 fully saturated rings. The lowest BCUT2D eigenvalue weighted by molar-refractivity contribution is -0.135. The van der Waals surface area contributed by atoms with Crippen molar-refractivity contribution in [2.75, 3.05) is 12.4 Å². The van der Waals surface area contributed by atoms with Gasteiger partial charge >= 0.3 is 5.97 Å². The Morgan fingerprint density at radius 3 is 2.41 bits per heavy atom. The van der Waals surface area contributed by atoms with E-state index in [2.05, 4.69) is 20.7 Å². The molecule has 0 aliphatic heterocycles. The Balaban J connectivity index is 1.14. The summed E-state index contributed by atoms with van der Waals surface area (Å²) in [5.74, 6) is 0.139. The maximum Gasteiger partial charge on any atom is 0.330 e. The Morgan fingerprint density at radius 2 is 1.74 bits per heavy atom. The monoisotopic (exact) mass is 628 g/mol. The van der Waals surface area contributed by atoms with Crippen LogP contribution in [0.3, 0.4) is 0 Å². The van der Waals surface area contributed by atoms with Crippen LogP contribution in [0.5, 0.6) is 0 Å². The average molecular weight is 629 g/mol. The van der Waals surface area contributed by atoms with Crippen LogP contribution in [0.15, 0.2) is 64.0 Å². The summed E-state index contributed by atoms with van der Waals surface area (Å²) in [5.41, 5.74) is 0.465. The average Bonchev–Trinajstić information content (AvgIpc) is 3.35. The van der Waals surface area contributed by atoms with Crippen LogP contribution in [-0.4, -0.2) is 46.9 Å². The minimum absolute atomic E-state index is 0.0145. The second kappa shape index (κ2) is 13.0. The van der Waals surface area contributed by atoms with Gasteiger partial charge in [0.25, 0.3) is 11.5 Å². The molecule has 1 aromatic carbocycles. The molecule has 4 aliphatic rings. The van der Waals surface area contributed by atoms with Crippen LogP contribution < -0.4 is 21.5 Å². The number of furan rings is 1. The Morgan fingerprint density at radius 1 is 1.04 bits per heavy atom. The van der Waals surface area contributed by atoms with E-state index in [1.807, 2.05) is 12.1 Å². The number of aryl methyl sites for hydroxylation is 1. The van der Waals surface area contributed by atoms with E-state index in [0.29, 0.717) is 28.9 Å². The number of fused-ring (bicyclic) bond motifs is 1. The second-order valence-corrected chi connectivity index (χ2v) is 13.2. The van der Waals surface area contributed by atoms with Gasteiger partial charge in [0.1, 0.15) is 23.9 Å². The van der Waals surface area contributed by atoms with Crippen molar-refractivity contribution in [1.82, 2.24) is 15.2 Å². The largest absolute Gasteiger partial charge is 0.466 e. The molecular formula is C35H40N4O7. The lowest BCUT2D eigenvalue weighted by Gasteiger charge is -2.56. The molecule has 2 heterocycles. The predicted octanol–water partition coefficient (Wildman–Crippen LogP) is 4.23. The number of benzene rings is 1. The third kappa shape index (κ3) is 6.63. The molecule has 46 heavy (non-hydrogen) atoms. The molecule has 0 unspecified atom stereocenters. The highest BCUT2D eigenvalue weighted by molar-refractivity contribution is 6.03. The van der Waals surface area contributed by atoms with Crippen LogP contribution in [0.2, 0.25) is 0 Å². The number of esters is 1. The summed E-state index contributed by atoms with van der Waals surface area (Å²) in [6, 6.07) is 9.23. The normalized spacial score (nSPS) is 23.7. The highest BCUT2D eigenvalue weighted by Crippen LogP contribution is 2.55. The number of ether oxygens (including phenoxy) is 1. The molecule has 0 radical (unpaired) electrons. The summed E-state index contributed by atoms with van der Waals surface area (Å²) < 4.78 is 11.7. The van der Waals surface area contributed by atoms with Crippen LogP contribution in [0, 0.1) is 24.7 Å². The second-order valence-electron chi connectivity index (χ2n) is 13.2. The van der Waals surface area contributed by atoms with E-state index in [1.165, 1.54) is 49.3 Å². The summed E-state index contributed by atoms with van der Waals surface area (Å²) >= 11 is 0. The van der Waals surface area contributed by atoms with Gasteiger partial charge in [-0.3, -0.25) is 19.2 Å². The van der Waals surface area contributed by atoms with E-state index in [0.717, 1.165) is 24.6 Å². The molecule has 4 aliphatic carbocycles. The number of hydrogen-bond acceptors (Lipinski definition) is 7. The first-order valence-electron chi connectivity index (χ1n) is 16.0. The van der Waals surface area contributed by atoms with Gasteiger partial charge in [0.15, 0.2) is 5.76 Å². The first kappa shape index (κ1) is 31.3. The van der Waals surface area contributed by atoms with Crippen LogP contribution in [-0.2, 0) is 25.7 Å². The molecule has 0 saturated heterocycles. The standard InChI is InChI=1S/C35H40N4O7/c1-21-25-8-3-5-11-28(25)46-31(21)33(43)36-26(9-4-6-12-30(41)45-2)32(42)37-27-10-7-13-39(34(27)44)20-29(40)38-35-17-22-14-23(18-35)16-24(15-22)19-35/h3,5-8,10-13,22-24,26H,4,9,14-20H2,1-2H3,(H,36,43)(H,37,42)(H,38,40)/b12-6+/t22?,23?,24?,26-,35?/m0/s1. The first-order valence-corrected chi connectivity index (χ1v) is 16.0. The van der Waals surface area contributed by atoms with Gasteiger partial charge in [0, 0.05) is 28.8 Å². The molecule has 0 spiro atoms. The van der Waals surface area contributed by atoms with Crippen molar-refractivity contribution in [2.45, 2.75) is 76.4 Å². The maximum absolute atomic E-state index is 13.5. The number of allylic oxidation sites excluding steroid dienone is 1. The van der Waals surface area contributed by atoms with E-state index >= 15 is 0 Å². The number of hydrogen-bond donors (Lipinski definition) is 3. The minimum Gasteiger partial charge on any atom is -0.466 e. The van der Waals surface area contributed by atoms with Crippen LogP contribution >= 0.6 is 0 Å². The van der Waals surface area contributed by atoms with Crippen molar-refractivity contribution in [3.05, 3.63) is 76.4 Å². The Bertz CT molecular complexity index is 1720. The zero-order valence-corrected chi connectivity index (χ0v) is 26.2. The molecule has 2 aromatic heterocycles. The number of nitrogens with zero attached hydrogens (tertiary/aromatic N) is 1. The van der Waals surface area contributed by atoms with Crippen LogP contribution in [0.25, 0.3) is 11.0 Å². The number of anilines is 1. The third-order valence-corrected chi connectivity index (χ3v) is 9.78. The maximum atomic E-state index is 13.5. The Hall–Kier alpha value is -4.67. The van der Waals surface area contributed by atoms with E-state index in [9.17, 15) is 24.0 Å². The quantitative estimate of drug-likeness (QED) is 0.213. The molecule has 242 valence electrons. The number of carbonyl (C=O) groups excluding carboxylic acids is 4. The molecule has 7 rings (SSSR count). The number of carbonyl (C=O) groups is 4. The fourth-order valence-electron chi connectivity index (χ4n) is 8.12. The summed E-state index contributed by atoms with van der Waals surface area (Å²) in [4.78, 5) is 64.9. The van der Waals surface area contributed by atoms with Crippen molar-refractivity contribution >= 4 is 40.3 Å². The van der Waals surface area contributed by atoms with Gasteiger partial charge < -0.3 is 29.7 Å². The number of pyridine rings is 1. The van der Waals surface area contributed by atoms with E-state index in [4.69, 9.17) is 4.42 Å². The van der Waals surface area contributed by atoms with Crippen molar-refractivity contribution in [3.63, 3.8) is 0 Å². The van der Waals surface area contributed by atoms with E-state index < -0.39 is 29.4 Å². The fraction of sp³-hybridized carbons (Fsp3) is 0.457. The topological polar surface area (TPSA) is 149 Å². The number of rotatable bonds is 11. The van der Waals surface area contributed by atoms with E-state index in [-0.39, 0.29) is 42.3 Å². The molecule has 4 bridgehead atoms. The smallest absolute Gasteiger partial charge is 0.330 e. The molecule has 3 amide bonds. The first-order chi connectivity index (χ1) is 22.1. The van der Waals surface area contributed by atoms with E-state index in [1.54, 1.807) is 31.2 Å². The number of methoxy groups -OCH3 is 1. The summed E-state index contributed by atoms with van der Waals surface area (Å²) in [6.07, 6.45) is 11.5. The van der Waals surface area contributed by atoms with Gasteiger partial charge in [-0.2, -0.15) is 0 Å². The number of amides is 3. The molecule has 3 N–H and O–H groups in total. The number of nitrogens with one attached hydrogen (secondary N) is 3. The van der Waals surface area contributed by atoms with Gasteiger partial charge in [0.05, 0.1) is 7.11 Å². The van der Waals surface area contributed by atoms with Gasteiger partial charge in [-0.1, -0.05) is 24.3 Å². The third-order valence-electron chi connectivity index (χ3n) is 9.78. The summed E-state index contributed by atoms with van der Waals surface area (Å²) in [5, 5.41) is 9.45. The number of aromatic nitrogens is 1. The zero-order valence-electron chi connectivity index (χ0n) is 26.2. The fourth-order valence-corrected chi connectivity index (χ4v) is 8.12. The van der Waals surface area contributed by atoms with Gasteiger partial charge in [0.2, 0.25) is 11.8 Å². The van der Waals surface area contributed by atoms with Crippen LogP contribution in [0.1, 0.15) is 67.5 Å². The van der Waals surface area contributed by atoms with Crippen molar-refractivity contribution in [1.29, 1.82) is 0 Å². The highest BCUT2D eigenvalue weighted by atomic mass is 16.5. The molecule has 3 aromatic rings. The lowest BCUT2D eigenvalue weighted by atomic mass is 9.53. The molecule has 4 saturated carbocycles. The van der Waals surface area contributed by atoms with Crippen molar-refractivity contribution in [2.24, 2.45) is 17.8 Å². The molecular weight excluding hydrogens is 588 g/mol. The molecule has 11 heteroatoms. The lowest BCUT2D eigenvalue weighted by Crippen LogP contribution is -2.60. The van der Waals surface area contributed by atoms with Crippen molar-refractivity contribution < 1.29 is 28.3 Å². The summed E-state index contributed by atoms with van der Waals surface area (Å²) in [6.45, 7) is 1.61. The highest BCUT2D eigenvalue weighted by Gasteiger charge is 2.51. The van der Waals surface area contributed by atoms with Gasteiger partial charge in [-0.15, -0.1) is 0 Å².